The van der Waals surface area contributed by atoms with Gasteiger partial charge in [0.15, 0.2) is 0 Å². The number of rotatable bonds is 15. The molecule has 0 fully saturated rings. The summed E-state index contributed by atoms with van der Waals surface area (Å²) in [6.45, 7) is 4.31. The molecule has 22 heavy (non-hydrogen) atoms. The molecule has 0 aromatic heterocycles. The van der Waals surface area contributed by atoms with Gasteiger partial charge in [-0.15, -0.1) is 0 Å². The van der Waals surface area contributed by atoms with Crippen molar-refractivity contribution in [3.8, 4) is 0 Å². The zero-order valence-corrected chi connectivity index (χ0v) is 14.7. The Morgan fingerprint density at radius 3 is 1.86 bits per heavy atom. The van der Waals surface area contributed by atoms with Crippen molar-refractivity contribution in [3.63, 3.8) is 0 Å². The number of hydrogen-bond donors (Lipinski definition) is 4. The summed E-state index contributed by atoms with van der Waals surface area (Å²) in [4.78, 5) is 0. The van der Waals surface area contributed by atoms with Crippen LogP contribution in [0, 0.1) is 5.92 Å². The number of aliphatic hydroxyl groups excluding tert-OH is 3. The summed E-state index contributed by atoms with van der Waals surface area (Å²) in [6, 6.07) is -0.746. The first-order chi connectivity index (χ1) is 10.5. The van der Waals surface area contributed by atoms with E-state index in [9.17, 15) is 10.2 Å². The summed E-state index contributed by atoms with van der Waals surface area (Å²) in [5.41, 5.74) is 5.50. The van der Waals surface area contributed by atoms with Crippen LogP contribution in [0.15, 0.2) is 0 Å². The molecular formula is C18H39NO3. The molecule has 4 atom stereocenters. The molecule has 5 N–H and O–H groups in total. The predicted octanol–water partition coefficient (Wildman–Crippen LogP) is 2.97. The first-order valence-corrected chi connectivity index (χ1v) is 9.25. The average molecular weight is 318 g/mol. The highest BCUT2D eigenvalue weighted by molar-refractivity contribution is 4.77. The quantitative estimate of drug-likeness (QED) is 0.350. The van der Waals surface area contributed by atoms with Crippen LogP contribution in [0.1, 0.15) is 84.5 Å². The highest BCUT2D eigenvalue weighted by Crippen LogP contribution is 2.17. The Morgan fingerprint density at radius 2 is 1.32 bits per heavy atom. The van der Waals surface area contributed by atoms with Gasteiger partial charge in [0.05, 0.1) is 24.9 Å². The van der Waals surface area contributed by atoms with Gasteiger partial charge in [-0.25, -0.2) is 0 Å². The second-order valence-corrected chi connectivity index (χ2v) is 6.85. The van der Waals surface area contributed by atoms with Crippen LogP contribution in [0.4, 0.5) is 0 Å². The Kier molecular flexibility index (Phi) is 14.3. The van der Waals surface area contributed by atoms with E-state index in [1.807, 2.05) is 0 Å². The second kappa shape index (κ2) is 14.4. The summed E-state index contributed by atoms with van der Waals surface area (Å²) in [7, 11) is 0. The van der Waals surface area contributed by atoms with Crippen molar-refractivity contribution in [2.75, 3.05) is 6.61 Å². The maximum atomic E-state index is 9.75. The van der Waals surface area contributed by atoms with Crippen molar-refractivity contribution in [1.29, 1.82) is 0 Å². The van der Waals surface area contributed by atoms with Crippen molar-refractivity contribution < 1.29 is 15.3 Å². The number of nitrogens with two attached hydrogens (primary N) is 1. The summed E-state index contributed by atoms with van der Waals surface area (Å²) in [5, 5.41) is 28.2. The van der Waals surface area contributed by atoms with E-state index in [1.54, 1.807) is 0 Å². The zero-order valence-electron chi connectivity index (χ0n) is 14.7. The molecule has 0 bridgehead atoms. The summed E-state index contributed by atoms with van der Waals surface area (Å²) in [6.07, 6.45) is 11.2. The lowest BCUT2D eigenvalue weighted by molar-refractivity contribution is -0.0121. The van der Waals surface area contributed by atoms with E-state index in [0.717, 1.165) is 18.8 Å². The van der Waals surface area contributed by atoms with E-state index < -0.39 is 18.2 Å². The standard InChI is InChI=1S/C18H39NO3/c1-3-4-11-15(2)12-9-7-5-6-8-10-13-17(21)18(22)16(19)14-20/h15-18,20-22H,3-14,19H2,1-2H3/t15?,16-,17+,18-/m0/s1. The van der Waals surface area contributed by atoms with E-state index in [-0.39, 0.29) is 6.61 Å². The number of hydrogen-bond acceptors (Lipinski definition) is 4. The molecule has 0 aliphatic rings. The van der Waals surface area contributed by atoms with Crippen molar-refractivity contribution in [2.45, 2.75) is 103 Å². The minimum absolute atomic E-state index is 0.297. The van der Waals surface area contributed by atoms with Gasteiger partial charge in [0.1, 0.15) is 0 Å². The van der Waals surface area contributed by atoms with Crippen LogP contribution >= 0.6 is 0 Å². The van der Waals surface area contributed by atoms with Gasteiger partial charge in [-0.3, -0.25) is 0 Å². The molecule has 0 aromatic rings. The largest absolute Gasteiger partial charge is 0.395 e. The lowest BCUT2D eigenvalue weighted by Crippen LogP contribution is -2.45. The first kappa shape index (κ1) is 21.8. The van der Waals surface area contributed by atoms with Gasteiger partial charge in [0, 0.05) is 0 Å². The molecule has 0 heterocycles. The Balaban J connectivity index is 3.40. The molecule has 0 rings (SSSR count). The van der Waals surface area contributed by atoms with Crippen LogP contribution in [-0.4, -0.2) is 40.2 Å². The zero-order chi connectivity index (χ0) is 16.8. The molecule has 0 aliphatic carbocycles. The maximum absolute atomic E-state index is 9.75. The lowest BCUT2D eigenvalue weighted by atomic mass is 9.96. The van der Waals surface area contributed by atoms with E-state index in [2.05, 4.69) is 13.8 Å². The number of aliphatic hydroxyl groups is 3. The minimum Gasteiger partial charge on any atom is -0.395 e. The fraction of sp³-hybridized carbons (Fsp3) is 1.00. The Morgan fingerprint density at radius 1 is 0.818 bits per heavy atom. The first-order valence-electron chi connectivity index (χ1n) is 9.25. The van der Waals surface area contributed by atoms with Crippen molar-refractivity contribution in [3.05, 3.63) is 0 Å². The molecule has 4 nitrogen and oxygen atoms in total. The van der Waals surface area contributed by atoms with E-state index in [1.165, 1.54) is 51.4 Å². The molecule has 0 radical (unpaired) electrons. The molecule has 134 valence electrons. The highest BCUT2D eigenvalue weighted by Gasteiger charge is 2.22. The monoisotopic (exact) mass is 317 g/mol. The fourth-order valence-corrected chi connectivity index (χ4v) is 2.81. The number of unbranched alkanes of at least 4 members (excludes halogenated alkanes) is 6. The van der Waals surface area contributed by atoms with Gasteiger partial charge in [-0.2, -0.15) is 0 Å². The Bertz CT molecular complexity index is 238. The Hall–Kier alpha value is -0.160. The summed E-state index contributed by atoms with van der Waals surface area (Å²) < 4.78 is 0. The third-order valence-corrected chi connectivity index (χ3v) is 4.54. The molecule has 0 saturated heterocycles. The molecule has 1 unspecified atom stereocenters. The Labute approximate surface area is 137 Å². The van der Waals surface area contributed by atoms with Gasteiger partial charge in [-0.1, -0.05) is 78.1 Å². The van der Waals surface area contributed by atoms with Crippen molar-refractivity contribution in [2.24, 2.45) is 11.7 Å². The SMILES string of the molecule is CCCCC(C)CCCCCCCC[C@@H](O)[C@@H](O)[C@@H](N)CO. The van der Waals surface area contributed by atoms with Crippen LogP contribution < -0.4 is 5.73 Å². The third kappa shape index (κ3) is 11.4. The maximum Gasteiger partial charge on any atom is 0.0971 e. The van der Waals surface area contributed by atoms with E-state index in [0.29, 0.717) is 6.42 Å². The molecular weight excluding hydrogens is 278 g/mol. The summed E-state index contributed by atoms with van der Waals surface area (Å²) in [5.74, 6) is 0.868. The third-order valence-electron chi connectivity index (χ3n) is 4.54. The molecule has 0 aliphatic heterocycles. The molecule has 4 heteroatoms. The summed E-state index contributed by atoms with van der Waals surface area (Å²) >= 11 is 0. The van der Waals surface area contributed by atoms with Crippen molar-refractivity contribution in [1.82, 2.24) is 0 Å². The van der Waals surface area contributed by atoms with Gasteiger partial charge >= 0.3 is 0 Å². The molecule has 0 aromatic carbocycles. The fourth-order valence-electron chi connectivity index (χ4n) is 2.81. The van der Waals surface area contributed by atoms with E-state index in [4.69, 9.17) is 10.8 Å². The molecule has 0 spiro atoms. The van der Waals surface area contributed by atoms with Gasteiger partial charge in [0.25, 0.3) is 0 Å². The van der Waals surface area contributed by atoms with Crippen LogP contribution in [0.2, 0.25) is 0 Å². The topological polar surface area (TPSA) is 86.7 Å². The van der Waals surface area contributed by atoms with Crippen LogP contribution in [0.3, 0.4) is 0 Å². The van der Waals surface area contributed by atoms with Gasteiger partial charge < -0.3 is 21.1 Å². The van der Waals surface area contributed by atoms with Gasteiger partial charge in [-0.05, 0) is 12.3 Å². The average Bonchev–Trinajstić information content (AvgIpc) is 2.53. The highest BCUT2D eigenvalue weighted by atomic mass is 16.3. The predicted molar refractivity (Wildman–Crippen MR) is 92.7 cm³/mol. The molecule has 0 amide bonds. The van der Waals surface area contributed by atoms with Crippen LogP contribution in [-0.2, 0) is 0 Å². The normalized spacial score (nSPS) is 17.2. The minimum atomic E-state index is -1.02. The van der Waals surface area contributed by atoms with Crippen molar-refractivity contribution >= 4 is 0 Å². The van der Waals surface area contributed by atoms with Gasteiger partial charge in [0.2, 0.25) is 0 Å². The smallest absolute Gasteiger partial charge is 0.0971 e. The second-order valence-electron chi connectivity index (χ2n) is 6.85. The van der Waals surface area contributed by atoms with Crippen LogP contribution in [0.5, 0.6) is 0 Å². The lowest BCUT2D eigenvalue weighted by Gasteiger charge is -2.22. The molecule has 0 saturated carbocycles. The van der Waals surface area contributed by atoms with Crippen LogP contribution in [0.25, 0.3) is 0 Å². The van der Waals surface area contributed by atoms with E-state index >= 15 is 0 Å².